The first-order chi connectivity index (χ1) is 10.4. The molecule has 0 aliphatic heterocycles. The van der Waals surface area contributed by atoms with Crippen LogP contribution in [0, 0.1) is 0 Å². The highest BCUT2D eigenvalue weighted by Crippen LogP contribution is 2.35. The SMILES string of the molecule is COc1cc(/C=C/C(=O)c2ccc(C(=O)O)s2)cc(Br)c1O. The summed E-state index contributed by atoms with van der Waals surface area (Å²) in [5.41, 5.74) is 0.657. The van der Waals surface area contributed by atoms with E-state index < -0.39 is 5.97 Å². The third-order valence-corrected chi connectivity index (χ3v) is 4.45. The predicted octanol–water partition coefficient (Wildman–Crippen LogP) is 3.82. The van der Waals surface area contributed by atoms with Crippen LogP contribution >= 0.6 is 27.3 Å². The van der Waals surface area contributed by atoms with E-state index in [9.17, 15) is 14.7 Å². The normalized spacial score (nSPS) is 10.8. The van der Waals surface area contributed by atoms with Gasteiger partial charge in [-0.05, 0) is 51.8 Å². The topological polar surface area (TPSA) is 83.8 Å². The second-order valence-electron chi connectivity index (χ2n) is 4.22. The van der Waals surface area contributed by atoms with Crippen LogP contribution < -0.4 is 4.74 Å². The lowest BCUT2D eigenvalue weighted by Crippen LogP contribution is -1.91. The Morgan fingerprint density at radius 2 is 1.95 bits per heavy atom. The Balaban J connectivity index is 2.22. The van der Waals surface area contributed by atoms with Crippen LogP contribution in [0.15, 0.2) is 34.8 Å². The van der Waals surface area contributed by atoms with Crippen LogP contribution in [0.4, 0.5) is 0 Å². The van der Waals surface area contributed by atoms with E-state index in [1.807, 2.05) is 0 Å². The molecule has 0 unspecified atom stereocenters. The van der Waals surface area contributed by atoms with Gasteiger partial charge in [0.1, 0.15) is 4.88 Å². The molecular weight excluding hydrogens is 372 g/mol. The summed E-state index contributed by atoms with van der Waals surface area (Å²) >= 11 is 4.12. The Labute approximate surface area is 138 Å². The van der Waals surface area contributed by atoms with Gasteiger partial charge >= 0.3 is 5.97 Å². The van der Waals surface area contributed by atoms with Crippen LogP contribution in [0.2, 0.25) is 0 Å². The van der Waals surface area contributed by atoms with Crippen molar-refractivity contribution in [1.29, 1.82) is 0 Å². The predicted molar refractivity (Wildman–Crippen MR) is 87.0 cm³/mol. The van der Waals surface area contributed by atoms with Crippen molar-refractivity contribution < 1.29 is 24.5 Å². The van der Waals surface area contributed by atoms with Gasteiger partial charge in [0.2, 0.25) is 0 Å². The fourth-order valence-electron chi connectivity index (χ4n) is 1.68. The summed E-state index contributed by atoms with van der Waals surface area (Å²) < 4.78 is 5.47. The highest BCUT2D eigenvalue weighted by Gasteiger charge is 2.11. The van der Waals surface area contributed by atoms with Crippen molar-refractivity contribution in [1.82, 2.24) is 0 Å². The van der Waals surface area contributed by atoms with E-state index in [-0.39, 0.29) is 22.2 Å². The number of ether oxygens (including phenoxy) is 1. The molecule has 0 spiro atoms. The molecule has 1 heterocycles. The van der Waals surface area contributed by atoms with Gasteiger partial charge < -0.3 is 14.9 Å². The second-order valence-corrected chi connectivity index (χ2v) is 6.16. The van der Waals surface area contributed by atoms with Crippen LogP contribution in [-0.2, 0) is 0 Å². The van der Waals surface area contributed by atoms with Gasteiger partial charge in [0.25, 0.3) is 0 Å². The quantitative estimate of drug-likeness (QED) is 0.606. The smallest absolute Gasteiger partial charge is 0.345 e. The van der Waals surface area contributed by atoms with Gasteiger partial charge in [-0.25, -0.2) is 4.79 Å². The first-order valence-corrected chi connectivity index (χ1v) is 7.65. The van der Waals surface area contributed by atoms with Crippen LogP contribution in [0.1, 0.15) is 24.9 Å². The molecular formula is C15H11BrO5S. The lowest BCUT2D eigenvalue weighted by atomic mass is 10.1. The maximum Gasteiger partial charge on any atom is 0.345 e. The zero-order chi connectivity index (χ0) is 16.3. The van der Waals surface area contributed by atoms with Crippen molar-refractivity contribution >= 4 is 45.1 Å². The standard InChI is InChI=1S/C15H11BrO5S/c1-21-11-7-8(6-9(16)14(11)18)2-3-10(17)12-4-5-13(22-12)15(19)20/h2-7,18H,1H3,(H,19,20)/b3-2+. The number of carbonyl (C=O) groups is 2. The van der Waals surface area contributed by atoms with Gasteiger partial charge in [0.15, 0.2) is 17.3 Å². The summed E-state index contributed by atoms with van der Waals surface area (Å²) in [5, 5.41) is 18.6. The molecule has 0 amide bonds. The van der Waals surface area contributed by atoms with Crippen molar-refractivity contribution in [3.63, 3.8) is 0 Å². The molecule has 0 fully saturated rings. The van der Waals surface area contributed by atoms with Gasteiger partial charge in [-0.1, -0.05) is 6.08 Å². The number of carboxylic acids is 1. The van der Waals surface area contributed by atoms with E-state index in [4.69, 9.17) is 9.84 Å². The van der Waals surface area contributed by atoms with Crippen LogP contribution in [0.3, 0.4) is 0 Å². The molecule has 5 nitrogen and oxygen atoms in total. The molecule has 114 valence electrons. The number of carbonyl (C=O) groups excluding carboxylic acids is 1. The largest absolute Gasteiger partial charge is 0.503 e. The number of phenolic OH excluding ortho intramolecular Hbond substituents is 1. The zero-order valence-corrected chi connectivity index (χ0v) is 13.8. The number of allylic oxidation sites excluding steroid dienone is 1. The van der Waals surface area contributed by atoms with E-state index in [1.54, 1.807) is 18.2 Å². The molecule has 0 aliphatic carbocycles. The number of phenols is 1. The molecule has 0 saturated heterocycles. The molecule has 0 atom stereocenters. The Kier molecular flexibility index (Phi) is 4.99. The fraction of sp³-hybridized carbons (Fsp3) is 0.0667. The number of carboxylic acid groups (broad SMARTS) is 1. The fourth-order valence-corrected chi connectivity index (χ4v) is 2.91. The van der Waals surface area contributed by atoms with Crippen molar-refractivity contribution in [2.45, 2.75) is 0 Å². The average Bonchev–Trinajstić information content (AvgIpc) is 2.98. The van der Waals surface area contributed by atoms with Crippen LogP contribution in [-0.4, -0.2) is 29.1 Å². The number of aromatic carboxylic acids is 1. The molecule has 2 rings (SSSR count). The summed E-state index contributed by atoms with van der Waals surface area (Å²) in [6.07, 6.45) is 2.91. The van der Waals surface area contributed by atoms with E-state index in [0.29, 0.717) is 14.9 Å². The van der Waals surface area contributed by atoms with Gasteiger partial charge in [-0.2, -0.15) is 0 Å². The minimum atomic E-state index is -1.06. The van der Waals surface area contributed by atoms with E-state index in [2.05, 4.69) is 15.9 Å². The number of aromatic hydroxyl groups is 1. The number of thiophene rings is 1. The molecule has 7 heteroatoms. The molecule has 2 N–H and O–H groups in total. The lowest BCUT2D eigenvalue weighted by Gasteiger charge is -2.06. The van der Waals surface area contributed by atoms with Gasteiger partial charge in [0.05, 0.1) is 16.5 Å². The molecule has 22 heavy (non-hydrogen) atoms. The maximum atomic E-state index is 12.0. The number of hydrogen-bond acceptors (Lipinski definition) is 5. The monoisotopic (exact) mass is 382 g/mol. The first-order valence-electron chi connectivity index (χ1n) is 6.04. The van der Waals surface area contributed by atoms with Crippen molar-refractivity contribution in [2.75, 3.05) is 7.11 Å². The number of benzene rings is 1. The molecule has 0 aliphatic rings. The van der Waals surface area contributed by atoms with Crippen molar-refractivity contribution in [2.24, 2.45) is 0 Å². The average molecular weight is 383 g/mol. The summed E-state index contributed by atoms with van der Waals surface area (Å²) in [4.78, 5) is 23.3. The molecule has 1 aromatic carbocycles. The minimum Gasteiger partial charge on any atom is -0.503 e. The lowest BCUT2D eigenvalue weighted by molar-refractivity contribution is 0.0702. The molecule has 0 saturated carbocycles. The maximum absolute atomic E-state index is 12.0. The van der Waals surface area contributed by atoms with Gasteiger partial charge in [-0.3, -0.25) is 4.79 Å². The summed E-state index contributed by atoms with van der Waals surface area (Å²) in [6.45, 7) is 0. The molecule has 0 bridgehead atoms. The third kappa shape index (κ3) is 3.55. The van der Waals surface area contributed by atoms with Crippen molar-refractivity contribution in [3.8, 4) is 11.5 Å². The van der Waals surface area contributed by atoms with E-state index in [0.717, 1.165) is 11.3 Å². The van der Waals surface area contributed by atoms with E-state index in [1.165, 1.54) is 25.3 Å². The van der Waals surface area contributed by atoms with Gasteiger partial charge in [-0.15, -0.1) is 11.3 Å². The Morgan fingerprint density at radius 3 is 2.55 bits per heavy atom. The van der Waals surface area contributed by atoms with E-state index >= 15 is 0 Å². The number of methoxy groups -OCH3 is 1. The highest BCUT2D eigenvalue weighted by molar-refractivity contribution is 9.10. The van der Waals surface area contributed by atoms with Crippen LogP contribution in [0.5, 0.6) is 11.5 Å². The second kappa shape index (κ2) is 6.76. The number of rotatable bonds is 5. The first kappa shape index (κ1) is 16.3. The summed E-state index contributed by atoms with van der Waals surface area (Å²) in [7, 11) is 1.43. The Hall–Kier alpha value is -2.12. The molecule has 0 radical (unpaired) electrons. The zero-order valence-electron chi connectivity index (χ0n) is 11.4. The number of halogens is 1. The third-order valence-electron chi connectivity index (χ3n) is 2.76. The summed E-state index contributed by atoms with van der Waals surface area (Å²) in [5.74, 6) is -1.08. The van der Waals surface area contributed by atoms with Crippen LogP contribution in [0.25, 0.3) is 6.08 Å². The minimum absolute atomic E-state index is 0.0182. The molecule has 2 aromatic rings. The Morgan fingerprint density at radius 1 is 1.27 bits per heavy atom. The summed E-state index contributed by atoms with van der Waals surface area (Å²) in [6, 6.07) is 6.10. The highest BCUT2D eigenvalue weighted by atomic mass is 79.9. The van der Waals surface area contributed by atoms with Crippen molar-refractivity contribution in [3.05, 3.63) is 50.1 Å². The number of ketones is 1. The molecule has 1 aromatic heterocycles. The Bertz CT molecular complexity index is 763. The van der Waals surface area contributed by atoms with Gasteiger partial charge in [0, 0.05) is 0 Å². The number of hydrogen-bond donors (Lipinski definition) is 2.